The number of benzene rings is 1. The molecular weight excluding hydrogens is 257 g/mol. The average molecular weight is 277 g/mol. The number of halogens is 1. The van der Waals surface area contributed by atoms with Gasteiger partial charge in [0.25, 0.3) is 0 Å². The van der Waals surface area contributed by atoms with E-state index in [1.54, 1.807) is 23.5 Å². The first-order valence-corrected chi connectivity index (χ1v) is 7.71. The van der Waals surface area contributed by atoms with E-state index >= 15 is 0 Å². The number of hydrogen-bond acceptors (Lipinski definition) is 2. The Balaban J connectivity index is 1.91. The van der Waals surface area contributed by atoms with Gasteiger partial charge in [-0.2, -0.15) is 11.3 Å². The van der Waals surface area contributed by atoms with Crippen LogP contribution in [0.15, 0.2) is 41.1 Å². The molecule has 2 aromatic rings. The minimum Gasteiger partial charge on any atom is -0.314 e. The second kappa shape index (κ2) is 7.41. The number of aryl methyl sites for hydroxylation is 1. The molecule has 1 heterocycles. The van der Waals surface area contributed by atoms with Crippen LogP contribution in [0.2, 0.25) is 0 Å². The second-order valence-electron chi connectivity index (χ2n) is 4.76. The highest BCUT2D eigenvalue weighted by Gasteiger charge is 2.09. The maximum absolute atomic E-state index is 13.2. The van der Waals surface area contributed by atoms with Crippen molar-refractivity contribution in [2.75, 3.05) is 6.54 Å². The number of thiophene rings is 1. The van der Waals surface area contributed by atoms with E-state index in [1.165, 1.54) is 11.6 Å². The van der Waals surface area contributed by atoms with Crippen LogP contribution in [-0.4, -0.2) is 12.6 Å². The van der Waals surface area contributed by atoms with Crippen molar-refractivity contribution in [3.8, 4) is 0 Å². The van der Waals surface area contributed by atoms with Crippen LogP contribution in [0, 0.1) is 5.82 Å². The first-order chi connectivity index (χ1) is 9.28. The molecule has 0 spiro atoms. The van der Waals surface area contributed by atoms with Crippen LogP contribution in [0.5, 0.6) is 0 Å². The molecule has 0 bridgehead atoms. The lowest BCUT2D eigenvalue weighted by Gasteiger charge is -2.17. The minimum atomic E-state index is -0.148. The Morgan fingerprint density at radius 2 is 2.16 bits per heavy atom. The van der Waals surface area contributed by atoms with Gasteiger partial charge in [-0.1, -0.05) is 19.1 Å². The zero-order chi connectivity index (χ0) is 13.5. The van der Waals surface area contributed by atoms with Gasteiger partial charge in [0, 0.05) is 6.04 Å². The molecule has 102 valence electrons. The van der Waals surface area contributed by atoms with E-state index in [4.69, 9.17) is 0 Å². The Hall–Kier alpha value is -1.19. The Kier molecular flexibility index (Phi) is 5.55. The van der Waals surface area contributed by atoms with E-state index in [1.807, 2.05) is 6.07 Å². The minimum absolute atomic E-state index is 0.148. The maximum Gasteiger partial charge on any atom is 0.123 e. The molecule has 1 aromatic heterocycles. The van der Waals surface area contributed by atoms with E-state index in [2.05, 4.69) is 29.1 Å². The van der Waals surface area contributed by atoms with Crippen molar-refractivity contribution < 1.29 is 4.39 Å². The molecule has 0 saturated heterocycles. The van der Waals surface area contributed by atoms with Gasteiger partial charge in [0.2, 0.25) is 0 Å². The van der Waals surface area contributed by atoms with Crippen molar-refractivity contribution in [2.24, 2.45) is 0 Å². The molecule has 1 unspecified atom stereocenters. The van der Waals surface area contributed by atoms with E-state index in [-0.39, 0.29) is 5.82 Å². The fourth-order valence-corrected chi connectivity index (χ4v) is 2.99. The van der Waals surface area contributed by atoms with Gasteiger partial charge >= 0.3 is 0 Å². The summed E-state index contributed by atoms with van der Waals surface area (Å²) in [5.41, 5.74) is 2.46. The molecule has 0 radical (unpaired) electrons. The molecule has 1 atom stereocenters. The molecule has 2 rings (SSSR count). The van der Waals surface area contributed by atoms with E-state index in [0.29, 0.717) is 6.04 Å². The van der Waals surface area contributed by atoms with Crippen molar-refractivity contribution in [2.45, 2.75) is 32.2 Å². The van der Waals surface area contributed by atoms with Crippen LogP contribution in [-0.2, 0) is 12.8 Å². The highest BCUT2D eigenvalue weighted by atomic mass is 32.1. The van der Waals surface area contributed by atoms with Crippen LogP contribution in [0.3, 0.4) is 0 Å². The van der Waals surface area contributed by atoms with Crippen molar-refractivity contribution in [3.05, 3.63) is 58.0 Å². The predicted octanol–water partition coefficient (Wildman–Crippen LogP) is 4.04. The van der Waals surface area contributed by atoms with Crippen LogP contribution >= 0.6 is 11.3 Å². The van der Waals surface area contributed by atoms with Gasteiger partial charge in [-0.3, -0.25) is 0 Å². The van der Waals surface area contributed by atoms with Gasteiger partial charge in [0.1, 0.15) is 5.82 Å². The molecule has 1 nitrogen and oxygen atoms in total. The lowest BCUT2D eigenvalue weighted by Crippen LogP contribution is -2.31. The summed E-state index contributed by atoms with van der Waals surface area (Å²) in [5, 5.41) is 7.81. The Morgan fingerprint density at radius 1 is 1.26 bits per heavy atom. The summed E-state index contributed by atoms with van der Waals surface area (Å²) in [5.74, 6) is -0.148. The first-order valence-electron chi connectivity index (χ1n) is 6.77. The Bertz CT molecular complexity index is 481. The van der Waals surface area contributed by atoms with Crippen LogP contribution < -0.4 is 5.32 Å². The highest BCUT2D eigenvalue weighted by molar-refractivity contribution is 7.07. The average Bonchev–Trinajstić information content (AvgIpc) is 2.89. The third-order valence-corrected chi connectivity index (χ3v) is 3.96. The van der Waals surface area contributed by atoms with Crippen molar-refractivity contribution in [1.82, 2.24) is 5.32 Å². The molecule has 0 fully saturated rings. The monoisotopic (exact) mass is 277 g/mol. The zero-order valence-corrected chi connectivity index (χ0v) is 12.0. The fourth-order valence-electron chi connectivity index (χ4n) is 2.29. The van der Waals surface area contributed by atoms with Crippen LogP contribution in [0.1, 0.15) is 24.5 Å². The van der Waals surface area contributed by atoms with Gasteiger partial charge in [-0.05, 0) is 65.9 Å². The third-order valence-electron chi connectivity index (χ3n) is 3.23. The molecule has 0 saturated carbocycles. The lowest BCUT2D eigenvalue weighted by molar-refractivity contribution is 0.490. The number of likely N-dealkylation sites (N-methyl/N-ethyl adjacent to an activating group) is 1. The quantitative estimate of drug-likeness (QED) is 0.805. The van der Waals surface area contributed by atoms with Gasteiger partial charge < -0.3 is 5.32 Å². The summed E-state index contributed by atoms with van der Waals surface area (Å²) in [6.07, 6.45) is 3.05. The molecule has 0 aliphatic carbocycles. The highest BCUT2D eigenvalue weighted by Crippen LogP contribution is 2.13. The molecule has 3 heteroatoms. The topological polar surface area (TPSA) is 12.0 Å². The molecule has 0 aliphatic heterocycles. The summed E-state index contributed by atoms with van der Waals surface area (Å²) in [6, 6.07) is 9.50. The summed E-state index contributed by atoms with van der Waals surface area (Å²) in [6.45, 7) is 3.06. The Labute approximate surface area is 118 Å². The van der Waals surface area contributed by atoms with Gasteiger partial charge in [-0.15, -0.1) is 0 Å². The van der Waals surface area contributed by atoms with Crippen molar-refractivity contribution in [1.29, 1.82) is 0 Å². The van der Waals surface area contributed by atoms with Gasteiger partial charge in [0.15, 0.2) is 0 Å². The second-order valence-corrected chi connectivity index (χ2v) is 5.54. The number of hydrogen-bond donors (Lipinski definition) is 1. The van der Waals surface area contributed by atoms with Crippen LogP contribution in [0.25, 0.3) is 0 Å². The molecule has 1 aromatic carbocycles. The Morgan fingerprint density at radius 3 is 2.84 bits per heavy atom. The summed E-state index contributed by atoms with van der Waals surface area (Å²) in [7, 11) is 0. The molecule has 1 N–H and O–H groups in total. The molecular formula is C16H20FNS. The normalized spacial score (nSPS) is 12.5. The van der Waals surface area contributed by atoms with Crippen molar-refractivity contribution >= 4 is 11.3 Å². The summed E-state index contributed by atoms with van der Waals surface area (Å²) in [4.78, 5) is 0. The van der Waals surface area contributed by atoms with Crippen LogP contribution in [0.4, 0.5) is 4.39 Å². The lowest BCUT2D eigenvalue weighted by atomic mass is 10.00. The largest absolute Gasteiger partial charge is 0.314 e. The zero-order valence-electron chi connectivity index (χ0n) is 11.2. The fraction of sp³-hybridized carbons (Fsp3) is 0.375. The predicted molar refractivity (Wildman–Crippen MR) is 80.2 cm³/mol. The standard InChI is InChI=1S/C16H20FNS/c1-2-18-16(7-6-13-8-9-19-12-13)11-14-4-3-5-15(17)10-14/h3-5,8-10,12,16,18H,2,6-7,11H2,1H3. The van der Waals surface area contributed by atoms with E-state index < -0.39 is 0 Å². The number of rotatable bonds is 7. The smallest absolute Gasteiger partial charge is 0.123 e. The maximum atomic E-state index is 13.2. The third kappa shape index (κ3) is 4.77. The first kappa shape index (κ1) is 14.2. The van der Waals surface area contributed by atoms with Gasteiger partial charge in [0.05, 0.1) is 0 Å². The molecule has 0 amide bonds. The summed E-state index contributed by atoms with van der Waals surface area (Å²) >= 11 is 1.74. The number of nitrogens with one attached hydrogen (secondary N) is 1. The molecule has 0 aliphatic rings. The van der Waals surface area contributed by atoms with Gasteiger partial charge in [-0.25, -0.2) is 4.39 Å². The summed E-state index contributed by atoms with van der Waals surface area (Å²) < 4.78 is 13.2. The van der Waals surface area contributed by atoms with E-state index in [0.717, 1.165) is 31.4 Å². The van der Waals surface area contributed by atoms with Crippen molar-refractivity contribution in [3.63, 3.8) is 0 Å². The van der Waals surface area contributed by atoms with E-state index in [9.17, 15) is 4.39 Å². The SMILES string of the molecule is CCNC(CCc1ccsc1)Cc1cccc(F)c1. The molecule has 19 heavy (non-hydrogen) atoms.